The molecule has 112 valence electrons. The molecule has 2 rings (SSSR count). The third-order valence-corrected chi connectivity index (χ3v) is 2.46. The highest BCUT2D eigenvalue weighted by atomic mass is 19.4. The van der Waals surface area contributed by atoms with Gasteiger partial charge in [0.15, 0.2) is 5.69 Å². The molecule has 0 fully saturated rings. The average molecular weight is 305 g/mol. The fourth-order valence-corrected chi connectivity index (χ4v) is 1.69. The minimum absolute atomic E-state index is 0.297. The zero-order valence-electron chi connectivity index (χ0n) is 10.5. The molecule has 21 heavy (non-hydrogen) atoms. The van der Waals surface area contributed by atoms with E-state index in [9.17, 15) is 26.7 Å². The number of anilines is 1. The van der Waals surface area contributed by atoms with Crippen LogP contribution in [0.2, 0.25) is 0 Å². The van der Waals surface area contributed by atoms with Crippen molar-refractivity contribution in [2.45, 2.75) is 6.18 Å². The third-order valence-electron chi connectivity index (χ3n) is 2.46. The molecule has 0 unspecified atom stereocenters. The van der Waals surface area contributed by atoms with E-state index < -0.39 is 35.0 Å². The maximum absolute atomic E-state index is 13.0. The summed E-state index contributed by atoms with van der Waals surface area (Å²) >= 11 is 0. The zero-order chi connectivity index (χ0) is 15.8. The fraction of sp³-hybridized carbons (Fsp3) is 0.167. The van der Waals surface area contributed by atoms with E-state index in [1.54, 1.807) is 0 Å². The number of carbonyl (C=O) groups is 1. The number of carbonyl (C=O) groups excluding carboxylic acids is 1. The van der Waals surface area contributed by atoms with Gasteiger partial charge in [0.2, 0.25) is 0 Å². The second-order valence-electron chi connectivity index (χ2n) is 4.18. The smallest absolute Gasteiger partial charge is 0.322 e. The third kappa shape index (κ3) is 3.36. The van der Waals surface area contributed by atoms with Gasteiger partial charge in [0.1, 0.15) is 11.6 Å². The fourth-order valence-electron chi connectivity index (χ4n) is 1.69. The Balaban J connectivity index is 2.33. The molecule has 0 atom stereocenters. The normalized spacial score (nSPS) is 11.5. The van der Waals surface area contributed by atoms with E-state index in [4.69, 9.17) is 0 Å². The lowest BCUT2D eigenvalue weighted by Gasteiger charge is -2.07. The van der Waals surface area contributed by atoms with E-state index in [1.807, 2.05) is 5.32 Å². The summed E-state index contributed by atoms with van der Waals surface area (Å²) in [6.07, 6.45) is -3.95. The van der Waals surface area contributed by atoms with Crippen molar-refractivity contribution in [1.82, 2.24) is 9.78 Å². The van der Waals surface area contributed by atoms with Gasteiger partial charge in [0.25, 0.3) is 5.91 Å². The van der Waals surface area contributed by atoms with Crippen molar-refractivity contribution in [1.29, 1.82) is 0 Å². The molecule has 0 aliphatic carbocycles. The molecule has 1 heterocycles. The number of nitrogens with one attached hydrogen (secondary N) is 1. The van der Waals surface area contributed by atoms with E-state index in [0.717, 1.165) is 23.0 Å². The summed E-state index contributed by atoms with van der Waals surface area (Å²) in [4.78, 5) is 11.8. The predicted molar refractivity (Wildman–Crippen MR) is 62.5 cm³/mol. The molecule has 0 saturated carbocycles. The second kappa shape index (κ2) is 5.15. The summed E-state index contributed by atoms with van der Waals surface area (Å²) in [5, 5.41) is 5.16. The van der Waals surface area contributed by atoms with Crippen LogP contribution in [0.25, 0.3) is 0 Å². The maximum Gasteiger partial charge on any atom is 0.435 e. The van der Waals surface area contributed by atoms with Crippen LogP contribution in [0.1, 0.15) is 16.1 Å². The Labute approximate surface area is 115 Å². The van der Waals surface area contributed by atoms with Gasteiger partial charge in [-0.05, 0) is 12.1 Å². The highest BCUT2D eigenvalue weighted by Crippen LogP contribution is 2.31. The lowest BCUT2D eigenvalue weighted by molar-refractivity contribution is -0.141. The van der Waals surface area contributed by atoms with Crippen molar-refractivity contribution in [2.75, 3.05) is 5.32 Å². The Morgan fingerprint density at radius 2 is 1.76 bits per heavy atom. The highest BCUT2D eigenvalue weighted by Gasteiger charge is 2.39. The van der Waals surface area contributed by atoms with E-state index in [2.05, 4.69) is 5.10 Å². The predicted octanol–water partition coefficient (Wildman–Crippen LogP) is 2.97. The Kier molecular flexibility index (Phi) is 3.67. The lowest BCUT2D eigenvalue weighted by atomic mass is 10.2. The summed E-state index contributed by atoms with van der Waals surface area (Å²) < 4.78 is 64.9. The molecule has 2 aromatic rings. The monoisotopic (exact) mass is 305 g/mol. The van der Waals surface area contributed by atoms with E-state index in [0.29, 0.717) is 6.07 Å². The minimum atomic E-state index is -4.82. The summed E-state index contributed by atoms with van der Waals surface area (Å²) in [5.74, 6) is -3.10. The molecule has 4 nitrogen and oxygen atoms in total. The first kappa shape index (κ1) is 14.9. The Hall–Kier alpha value is -2.45. The molecule has 1 aromatic heterocycles. The molecule has 0 aliphatic heterocycles. The summed E-state index contributed by atoms with van der Waals surface area (Å²) in [6, 6.07) is 2.14. The largest absolute Gasteiger partial charge is 0.435 e. The van der Waals surface area contributed by atoms with Gasteiger partial charge in [-0.15, -0.1) is 0 Å². The van der Waals surface area contributed by atoms with Crippen molar-refractivity contribution in [3.63, 3.8) is 0 Å². The molecule has 0 bridgehead atoms. The number of rotatable bonds is 2. The molecule has 9 heteroatoms. The number of nitrogens with zero attached hydrogens (tertiary/aromatic N) is 2. The Bertz CT molecular complexity index is 672. The standard InChI is InChI=1S/C12H8F5N3O/c1-20-5-9(10(19-20)12(15,16)17)11(21)18-8-3-6(13)2-7(14)4-8/h2-5H,1H3,(H,18,21). The molecule has 0 spiro atoms. The van der Waals surface area contributed by atoms with Crippen LogP contribution in [0.4, 0.5) is 27.6 Å². The molecular formula is C12H8F5N3O. The number of aromatic nitrogens is 2. The van der Waals surface area contributed by atoms with Crippen LogP contribution in [0, 0.1) is 11.6 Å². The number of hydrogen-bond acceptors (Lipinski definition) is 2. The van der Waals surface area contributed by atoms with Crippen LogP contribution in [0.5, 0.6) is 0 Å². The molecular weight excluding hydrogens is 297 g/mol. The number of aryl methyl sites for hydroxylation is 1. The van der Waals surface area contributed by atoms with Crippen molar-refractivity contribution < 1.29 is 26.7 Å². The molecule has 1 N–H and O–H groups in total. The van der Waals surface area contributed by atoms with Crippen LogP contribution in [0.3, 0.4) is 0 Å². The summed E-state index contributed by atoms with van der Waals surface area (Å²) in [6.45, 7) is 0. The number of alkyl halides is 3. The van der Waals surface area contributed by atoms with Gasteiger partial charge in [-0.3, -0.25) is 9.48 Å². The average Bonchev–Trinajstić information content (AvgIpc) is 2.69. The topological polar surface area (TPSA) is 46.9 Å². The van der Waals surface area contributed by atoms with Crippen LogP contribution in [-0.2, 0) is 13.2 Å². The molecule has 0 saturated heterocycles. The molecule has 0 radical (unpaired) electrons. The zero-order valence-corrected chi connectivity index (χ0v) is 10.5. The van der Waals surface area contributed by atoms with Gasteiger partial charge in [0, 0.05) is 25.0 Å². The number of halogens is 5. The quantitative estimate of drug-likeness (QED) is 0.867. The van der Waals surface area contributed by atoms with Crippen molar-refractivity contribution >= 4 is 11.6 Å². The van der Waals surface area contributed by atoms with Crippen molar-refractivity contribution in [3.8, 4) is 0 Å². The van der Waals surface area contributed by atoms with Crippen molar-refractivity contribution in [3.05, 3.63) is 47.3 Å². The number of hydrogen-bond donors (Lipinski definition) is 1. The first-order valence-corrected chi connectivity index (χ1v) is 5.55. The van der Waals surface area contributed by atoms with Gasteiger partial charge < -0.3 is 5.32 Å². The van der Waals surface area contributed by atoms with Gasteiger partial charge in [-0.25, -0.2) is 8.78 Å². The molecule has 1 amide bonds. The highest BCUT2D eigenvalue weighted by molar-refractivity contribution is 6.05. The van der Waals surface area contributed by atoms with E-state index >= 15 is 0 Å². The Morgan fingerprint density at radius 3 is 2.29 bits per heavy atom. The Morgan fingerprint density at radius 1 is 1.19 bits per heavy atom. The van der Waals surface area contributed by atoms with Crippen LogP contribution >= 0.6 is 0 Å². The SMILES string of the molecule is Cn1cc(C(=O)Nc2cc(F)cc(F)c2)c(C(F)(F)F)n1. The molecule has 0 aliphatic rings. The first-order chi connectivity index (χ1) is 9.66. The van der Waals surface area contributed by atoms with Crippen LogP contribution < -0.4 is 5.32 Å². The van der Waals surface area contributed by atoms with E-state index in [1.165, 1.54) is 7.05 Å². The van der Waals surface area contributed by atoms with Gasteiger partial charge in [-0.1, -0.05) is 0 Å². The second-order valence-corrected chi connectivity index (χ2v) is 4.18. The molecule has 1 aromatic carbocycles. The number of benzene rings is 1. The van der Waals surface area contributed by atoms with Crippen LogP contribution in [0.15, 0.2) is 24.4 Å². The lowest BCUT2D eigenvalue weighted by Crippen LogP contribution is -2.18. The first-order valence-electron chi connectivity index (χ1n) is 5.55. The van der Waals surface area contributed by atoms with Gasteiger partial charge >= 0.3 is 6.18 Å². The van der Waals surface area contributed by atoms with E-state index in [-0.39, 0.29) is 5.69 Å². The summed E-state index contributed by atoms with van der Waals surface area (Å²) in [7, 11) is 1.22. The summed E-state index contributed by atoms with van der Waals surface area (Å²) in [5.41, 5.74) is -2.41. The number of amides is 1. The van der Waals surface area contributed by atoms with Gasteiger partial charge in [-0.2, -0.15) is 18.3 Å². The van der Waals surface area contributed by atoms with Crippen LogP contribution in [-0.4, -0.2) is 15.7 Å². The minimum Gasteiger partial charge on any atom is -0.322 e. The van der Waals surface area contributed by atoms with Crippen molar-refractivity contribution in [2.24, 2.45) is 7.05 Å². The van der Waals surface area contributed by atoms with Gasteiger partial charge in [0.05, 0.1) is 5.56 Å². The maximum atomic E-state index is 13.0.